The van der Waals surface area contributed by atoms with E-state index in [0.29, 0.717) is 6.42 Å². The van der Waals surface area contributed by atoms with Crippen molar-refractivity contribution < 1.29 is 9.90 Å². The Bertz CT molecular complexity index is 420. The zero-order chi connectivity index (χ0) is 13.0. The number of benzene rings is 1. The number of carbonyl (C=O) groups excluding carboxylic acids is 1. The van der Waals surface area contributed by atoms with Crippen LogP contribution >= 0.6 is 0 Å². The van der Waals surface area contributed by atoms with Crippen molar-refractivity contribution in [2.75, 3.05) is 5.32 Å². The van der Waals surface area contributed by atoms with Crippen LogP contribution in [0.15, 0.2) is 24.3 Å². The van der Waals surface area contributed by atoms with Gasteiger partial charge >= 0.3 is 6.03 Å². The molecule has 0 aromatic heterocycles. The van der Waals surface area contributed by atoms with Crippen molar-refractivity contribution >= 4 is 11.7 Å². The number of nitrogens with one attached hydrogen (secondary N) is 2. The largest absolute Gasteiger partial charge is 0.393 e. The number of aliphatic hydroxyl groups is 1. The zero-order valence-electron chi connectivity index (χ0n) is 10.6. The van der Waals surface area contributed by atoms with Gasteiger partial charge in [-0.15, -0.1) is 0 Å². The number of hydrogen-bond acceptors (Lipinski definition) is 2. The normalized spacial score (nSPS) is 23.4. The van der Waals surface area contributed by atoms with Crippen LogP contribution in [0.3, 0.4) is 0 Å². The molecule has 1 aromatic carbocycles. The van der Waals surface area contributed by atoms with Gasteiger partial charge in [-0.05, 0) is 44.2 Å². The number of aliphatic hydroxyl groups excluding tert-OH is 1. The van der Waals surface area contributed by atoms with Crippen LogP contribution in [0.4, 0.5) is 10.5 Å². The van der Waals surface area contributed by atoms with Crippen molar-refractivity contribution in [1.82, 2.24) is 5.32 Å². The fourth-order valence-electron chi connectivity index (χ4n) is 2.35. The Labute approximate surface area is 107 Å². The lowest BCUT2D eigenvalue weighted by Gasteiger charge is -2.26. The Balaban J connectivity index is 1.87. The molecule has 0 spiro atoms. The van der Waals surface area contributed by atoms with Crippen LogP contribution in [-0.2, 0) is 0 Å². The highest BCUT2D eigenvalue weighted by Crippen LogP contribution is 2.19. The maximum Gasteiger partial charge on any atom is 0.319 e. The van der Waals surface area contributed by atoms with Gasteiger partial charge in [-0.1, -0.05) is 18.2 Å². The first-order valence-corrected chi connectivity index (χ1v) is 6.46. The summed E-state index contributed by atoms with van der Waals surface area (Å²) in [4.78, 5) is 11.8. The van der Waals surface area contributed by atoms with Gasteiger partial charge in [-0.25, -0.2) is 4.79 Å². The van der Waals surface area contributed by atoms with Gasteiger partial charge in [0.05, 0.1) is 6.10 Å². The van der Waals surface area contributed by atoms with Gasteiger partial charge in [0.1, 0.15) is 0 Å². The molecule has 3 N–H and O–H groups in total. The molecule has 2 amide bonds. The van der Waals surface area contributed by atoms with Gasteiger partial charge in [-0.2, -0.15) is 0 Å². The minimum atomic E-state index is -0.275. The number of aryl methyl sites for hydroxylation is 1. The molecule has 18 heavy (non-hydrogen) atoms. The topological polar surface area (TPSA) is 61.4 Å². The number of rotatable bonds is 2. The molecule has 0 unspecified atom stereocenters. The molecule has 1 saturated carbocycles. The van der Waals surface area contributed by atoms with Crippen LogP contribution in [0, 0.1) is 6.92 Å². The Morgan fingerprint density at radius 3 is 2.83 bits per heavy atom. The zero-order valence-corrected chi connectivity index (χ0v) is 10.6. The van der Waals surface area contributed by atoms with Crippen LogP contribution in [0.5, 0.6) is 0 Å². The van der Waals surface area contributed by atoms with E-state index in [2.05, 4.69) is 10.6 Å². The standard InChI is InChI=1S/C14H20N2O2/c1-10-5-2-3-8-13(10)16-14(18)15-11-6-4-7-12(17)9-11/h2-3,5,8,11-12,17H,4,6-7,9H2,1H3,(H2,15,16,18)/t11-,12+/m1/s1. The maximum atomic E-state index is 11.8. The summed E-state index contributed by atoms with van der Waals surface area (Å²) in [6.07, 6.45) is 3.13. The average Bonchev–Trinajstić information content (AvgIpc) is 2.32. The predicted octanol–water partition coefficient (Wildman–Crippen LogP) is 2.42. The molecular weight excluding hydrogens is 228 g/mol. The lowest BCUT2D eigenvalue weighted by molar-refractivity contribution is 0.114. The van der Waals surface area contributed by atoms with Crippen LogP contribution < -0.4 is 10.6 Å². The smallest absolute Gasteiger partial charge is 0.319 e. The van der Waals surface area contributed by atoms with E-state index in [1.807, 2.05) is 31.2 Å². The molecule has 4 heteroatoms. The van der Waals surface area contributed by atoms with E-state index < -0.39 is 0 Å². The second kappa shape index (κ2) is 5.87. The molecule has 0 radical (unpaired) electrons. The number of anilines is 1. The van der Waals surface area contributed by atoms with Gasteiger partial charge in [0.2, 0.25) is 0 Å². The molecule has 0 bridgehead atoms. The minimum absolute atomic E-state index is 0.0813. The minimum Gasteiger partial charge on any atom is -0.393 e. The first kappa shape index (κ1) is 12.9. The fraction of sp³-hybridized carbons (Fsp3) is 0.500. The van der Waals surface area contributed by atoms with Crippen molar-refractivity contribution in [2.45, 2.75) is 44.8 Å². The van der Waals surface area contributed by atoms with Crippen molar-refractivity contribution in [2.24, 2.45) is 0 Å². The summed E-state index contributed by atoms with van der Waals surface area (Å²) in [7, 11) is 0. The van der Waals surface area contributed by atoms with Crippen LogP contribution in [0.2, 0.25) is 0 Å². The number of urea groups is 1. The number of carbonyl (C=O) groups is 1. The summed E-state index contributed by atoms with van der Waals surface area (Å²) in [6.45, 7) is 1.96. The third-order valence-electron chi connectivity index (χ3n) is 3.38. The predicted molar refractivity (Wildman–Crippen MR) is 71.6 cm³/mol. The average molecular weight is 248 g/mol. The molecule has 4 nitrogen and oxygen atoms in total. The Kier molecular flexibility index (Phi) is 4.20. The highest BCUT2D eigenvalue weighted by atomic mass is 16.3. The van der Waals surface area contributed by atoms with E-state index in [1.54, 1.807) is 0 Å². The second-order valence-electron chi connectivity index (χ2n) is 4.93. The summed E-state index contributed by atoms with van der Waals surface area (Å²) >= 11 is 0. The Morgan fingerprint density at radius 2 is 2.11 bits per heavy atom. The highest BCUT2D eigenvalue weighted by molar-refractivity contribution is 5.90. The van der Waals surface area contributed by atoms with Crippen LogP contribution in [-0.4, -0.2) is 23.3 Å². The molecule has 0 aliphatic heterocycles. The molecule has 1 aliphatic carbocycles. The van der Waals surface area contributed by atoms with Crippen molar-refractivity contribution in [3.8, 4) is 0 Å². The Morgan fingerprint density at radius 1 is 1.33 bits per heavy atom. The van der Waals surface area contributed by atoms with Gasteiger partial charge in [0, 0.05) is 11.7 Å². The SMILES string of the molecule is Cc1ccccc1NC(=O)N[C@@H]1CCC[C@H](O)C1. The van der Waals surface area contributed by atoms with E-state index in [-0.39, 0.29) is 18.2 Å². The van der Waals surface area contributed by atoms with Gasteiger partial charge in [-0.3, -0.25) is 0 Å². The molecular formula is C14H20N2O2. The molecule has 98 valence electrons. The molecule has 1 fully saturated rings. The number of para-hydroxylation sites is 1. The van der Waals surface area contributed by atoms with Crippen molar-refractivity contribution in [1.29, 1.82) is 0 Å². The molecule has 2 rings (SSSR count). The number of amides is 2. The van der Waals surface area contributed by atoms with Crippen molar-refractivity contribution in [3.05, 3.63) is 29.8 Å². The van der Waals surface area contributed by atoms with Crippen LogP contribution in [0.25, 0.3) is 0 Å². The molecule has 1 aliphatic rings. The third kappa shape index (κ3) is 3.47. The van der Waals surface area contributed by atoms with Gasteiger partial charge < -0.3 is 15.7 Å². The van der Waals surface area contributed by atoms with Crippen LogP contribution in [0.1, 0.15) is 31.2 Å². The summed E-state index contributed by atoms with van der Waals surface area (Å²) in [5.74, 6) is 0. The molecule has 1 aromatic rings. The summed E-state index contributed by atoms with van der Waals surface area (Å²) in [5, 5.41) is 15.3. The first-order chi connectivity index (χ1) is 8.65. The first-order valence-electron chi connectivity index (χ1n) is 6.46. The Hall–Kier alpha value is -1.55. The maximum absolute atomic E-state index is 11.8. The highest BCUT2D eigenvalue weighted by Gasteiger charge is 2.21. The monoisotopic (exact) mass is 248 g/mol. The van der Waals surface area contributed by atoms with E-state index in [1.165, 1.54) is 0 Å². The summed E-state index contributed by atoms with van der Waals surface area (Å²) in [6, 6.07) is 7.56. The molecule has 2 atom stereocenters. The lowest BCUT2D eigenvalue weighted by Crippen LogP contribution is -2.41. The van der Waals surface area contributed by atoms with Crippen molar-refractivity contribution in [3.63, 3.8) is 0 Å². The fourth-order valence-corrected chi connectivity index (χ4v) is 2.35. The van der Waals surface area contributed by atoms with Gasteiger partial charge in [0.15, 0.2) is 0 Å². The molecule has 0 heterocycles. The van der Waals surface area contributed by atoms with E-state index in [4.69, 9.17) is 0 Å². The van der Waals surface area contributed by atoms with E-state index in [0.717, 1.165) is 30.5 Å². The van der Waals surface area contributed by atoms with Gasteiger partial charge in [0.25, 0.3) is 0 Å². The lowest BCUT2D eigenvalue weighted by atomic mass is 9.93. The van der Waals surface area contributed by atoms with E-state index in [9.17, 15) is 9.90 Å². The third-order valence-corrected chi connectivity index (χ3v) is 3.38. The molecule has 0 saturated heterocycles. The summed E-state index contributed by atoms with van der Waals surface area (Å²) in [5.41, 5.74) is 1.86. The quantitative estimate of drug-likeness (QED) is 0.752. The number of hydrogen-bond donors (Lipinski definition) is 3. The summed E-state index contributed by atoms with van der Waals surface area (Å²) < 4.78 is 0. The second-order valence-corrected chi connectivity index (χ2v) is 4.93. The van der Waals surface area contributed by atoms with E-state index >= 15 is 0 Å².